The van der Waals surface area contributed by atoms with Crippen molar-refractivity contribution in [2.24, 2.45) is 5.73 Å². The number of aromatic nitrogens is 2. The summed E-state index contributed by atoms with van der Waals surface area (Å²) in [6.07, 6.45) is 4.19. The number of hydrogen-bond donors (Lipinski definition) is 1. The van der Waals surface area contributed by atoms with Crippen molar-refractivity contribution in [3.8, 4) is 11.3 Å². The maximum Gasteiger partial charge on any atom is 0.167 e. The molecule has 0 radical (unpaired) electrons. The maximum atomic E-state index is 5.42. The summed E-state index contributed by atoms with van der Waals surface area (Å²) in [5, 5.41) is 3.91. The zero-order valence-electron chi connectivity index (χ0n) is 7.68. The molecular weight excluding hydrogens is 178 g/mol. The molecule has 2 rings (SSSR count). The van der Waals surface area contributed by atoms with Crippen LogP contribution in [0.15, 0.2) is 35.1 Å². The van der Waals surface area contributed by atoms with Gasteiger partial charge >= 0.3 is 0 Å². The summed E-state index contributed by atoms with van der Waals surface area (Å²) >= 11 is 0. The van der Waals surface area contributed by atoms with Gasteiger partial charge in [0.2, 0.25) is 0 Å². The third-order valence-corrected chi connectivity index (χ3v) is 1.92. The van der Waals surface area contributed by atoms with E-state index >= 15 is 0 Å². The lowest BCUT2D eigenvalue weighted by Gasteiger charge is -1.90. The average molecular weight is 189 g/mol. The van der Waals surface area contributed by atoms with Crippen LogP contribution in [0.25, 0.3) is 11.3 Å². The fraction of sp³-hybridized carbons (Fsp3) is 0.200. The van der Waals surface area contributed by atoms with Crippen LogP contribution in [0, 0.1) is 0 Å². The van der Waals surface area contributed by atoms with E-state index in [0.29, 0.717) is 6.54 Å². The second kappa shape index (κ2) is 4.02. The van der Waals surface area contributed by atoms with Crippen LogP contribution in [0.4, 0.5) is 0 Å². The summed E-state index contributed by atoms with van der Waals surface area (Å²) in [6, 6.07) is 5.67. The summed E-state index contributed by atoms with van der Waals surface area (Å²) in [4.78, 5) is 3.93. The van der Waals surface area contributed by atoms with E-state index in [1.54, 1.807) is 12.4 Å². The second-order valence-corrected chi connectivity index (χ2v) is 2.96. The van der Waals surface area contributed by atoms with E-state index in [-0.39, 0.29) is 0 Å². The van der Waals surface area contributed by atoms with Crippen LogP contribution in [0.3, 0.4) is 0 Å². The minimum atomic E-state index is 0.586. The summed E-state index contributed by atoms with van der Waals surface area (Å²) in [5.74, 6) is 0.760. The van der Waals surface area contributed by atoms with E-state index in [1.807, 2.05) is 18.2 Å². The van der Waals surface area contributed by atoms with Crippen LogP contribution >= 0.6 is 0 Å². The highest BCUT2D eigenvalue weighted by atomic mass is 16.5. The van der Waals surface area contributed by atoms with Crippen LogP contribution in [-0.4, -0.2) is 16.7 Å². The van der Waals surface area contributed by atoms with Gasteiger partial charge in [0.15, 0.2) is 5.76 Å². The number of pyridine rings is 1. The van der Waals surface area contributed by atoms with Crippen LogP contribution < -0.4 is 5.73 Å². The van der Waals surface area contributed by atoms with Crippen molar-refractivity contribution in [3.05, 3.63) is 36.3 Å². The van der Waals surface area contributed by atoms with Gasteiger partial charge in [0.25, 0.3) is 0 Å². The van der Waals surface area contributed by atoms with Gasteiger partial charge in [0, 0.05) is 30.4 Å². The van der Waals surface area contributed by atoms with E-state index in [2.05, 4.69) is 10.1 Å². The molecule has 0 saturated heterocycles. The predicted molar refractivity (Wildman–Crippen MR) is 52.5 cm³/mol. The van der Waals surface area contributed by atoms with Crippen molar-refractivity contribution in [1.29, 1.82) is 0 Å². The number of rotatable bonds is 3. The van der Waals surface area contributed by atoms with E-state index in [9.17, 15) is 0 Å². The molecule has 0 aliphatic carbocycles. The molecule has 72 valence electrons. The van der Waals surface area contributed by atoms with Crippen LogP contribution in [0.5, 0.6) is 0 Å². The predicted octanol–water partition coefficient (Wildman–Crippen LogP) is 1.24. The Labute approximate surface area is 81.7 Å². The third-order valence-electron chi connectivity index (χ3n) is 1.92. The largest absolute Gasteiger partial charge is 0.356 e. The molecule has 2 heterocycles. The SMILES string of the molecule is NCCc1cc(-c2ccncc2)on1. The smallest absolute Gasteiger partial charge is 0.167 e. The van der Waals surface area contributed by atoms with Gasteiger partial charge in [-0.2, -0.15) is 0 Å². The number of hydrogen-bond acceptors (Lipinski definition) is 4. The van der Waals surface area contributed by atoms with Gasteiger partial charge in [-0.3, -0.25) is 4.98 Å². The van der Waals surface area contributed by atoms with Gasteiger partial charge in [0.1, 0.15) is 0 Å². The van der Waals surface area contributed by atoms with E-state index in [4.69, 9.17) is 10.3 Å². The summed E-state index contributed by atoms with van der Waals surface area (Å²) in [5.41, 5.74) is 7.29. The van der Waals surface area contributed by atoms with Gasteiger partial charge in [-0.15, -0.1) is 0 Å². The lowest BCUT2D eigenvalue weighted by molar-refractivity contribution is 0.423. The maximum absolute atomic E-state index is 5.42. The highest BCUT2D eigenvalue weighted by Crippen LogP contribution is 2.18. The van der Waals surface area contributed by atoms with Crippen LogP contribution in [0.1, 0.15) is 5.69 Å². The molecule has 2 aromatic rings. The Kier molecular flexibility index (Phi) is 2.55. The number of nitrogens with zero attached hydrogens (tertiary/aromatic N) is 2. The zero-order valence-corrected chi connectivity index (χ0v) is 7.68. The minimum absolute atomic E-state index is 0.586. The Bertz CT molecular complexity index is 397. The molecule has 4 heteroatoms. The normalized spacial score (nSPS) is 10.4. The fourth-order valence-electron chi connectivity index (χ4n) is 1.23. The first-order valence-electron chi connectivity index (χ1n) is 4.46. The molecule has 0 fully saturated rings. The summed E-state index contributed by atoms with van der Waals surface area (Å²) in [7, 11) is 0. The molecular formula is C10H11N3O. The van der Waals surface area contributed by atoms with Gasteiger partial charge in [0.05, 0.1) is 5.69 Å². The molecule has 0 unspecified atom stereocenters. The Morgan fingerprint density at radius 2 is 2.07 bits per heavy atom. The Balaban J connectivity index is 2.25. The minimum Gasteiger partial charge on any atom is -0.356 e. The molecule has 0 atom stereocenters. The lowest BCUT2D eigenvalue weighted by Crippen LogP contribution is -2.02. The monoisotopic (exact) mass is 189 g/mol. The van der Waals surface area contributed by atoms with Crippen molar-refractivity contribution < 1.29 is 4.52 Å². The molecule has 0 aliphatic heterocycles. The molecule has 14 heavy (non-hydrogen) atoms. The zero-order chi connectivity index (χ0) is 9.80. The first kappa shape index (κ1) is 8.90. The molecule has 2 aromatic heterocycles. The van der Waals surface area contributed by atoms with E-state index in [0.717, 1.165) is 23.4 Å². The van der Waals surface area contributed by atoms with Gasteiger partial charge in [-0.25, -0.2) is 0 Å². The van der Waals surface area contributed by atoms with Crippen LogP contribution in [0.2, 0.25) is 0 Å². The van der Waals surface area contributed by atoms with Crippen LogP contribution in [-0.2, 0) is 6.42 Å². The molecule has 0 aromatic carbocycles. The fourth-order valence-corrected chi connectivity index (χ4v) is 1.23. The lowest BCUT2D eigenvalue weighted by atomic mass is 10.2. The first-order valence-corrected chi connectivity index (χ1v) is 4.46. The molecule has 4 nitrogen and oxygen atoms in total. The first-order chi connectivity index (χ1) is 6.90. The highest BCUT2D eigenvalue weighted by molar-refractivity contribution is 5.56. The highest BCUT2D eigenvalue weighted by Gasteiger charge is 2.04. The topological polar surface area (TPSA) is 64.9 Å². The van der Waals surface area contributed by atoms with Crippen molar-refractivity contribution in [1.82, 2.24) is 10.1 Å². The molecule has 0 amide bonds. The third kappa shape index (κ3) is 1.80. The van der Waals surface area contributed by atoms with Crippen molar-refractivity contribution in [2.75, 3.05) is 6.54 Å². The molecule has 2 N–H and O–H groups in total. The summed E-state index contributed by atoms with van der Waals surface area (Å²) < 4.78 is 5.17. The van der Waals surface area contributed by atoms with Crippen molar-refractivity contribution in [2.45, 2.75) is 6.42 Å². The molecule has 0 spiro atoms. The van der Waals surface area contributed by atoms with Gasteiger partial charge < -0.3 is 10.3 Å². The summed E-state index contributed by atoms with van der Waals surface area (Å²) in [6.45, 7) is 0.586. The molecule has 0 bridgehead atoms. The number of nitrogens with two attached hydrogens (primary N) is 1. The Morgan fingerprint density at radius 3 is 2.79 bits per heavy atom. The van der Waals surface area contributed by atoms with E-state index in [1.165, 1.54) is 0 Å². The standard InChI is InChI=1S/C10H11N3O/c11-4-1-9-7-10(14-13-9)8-2-5-12-6-3-8/h2-3,5-7H,1,4,11H2. The second-order valence-electron chi connectivity index (χ2n) is 2.96. The average Bonchev–Trinajstić information content (AvgIpc) is 2.68. The van der Waals surface area contributed by atoms with Crippen molar-refractivity contribution in [3.63, 3.8) is 0 Å². The van der Waals surface area contributed by atoms with Crippen molar-refractivity contribution >= 4 is 0 Å². The Morgan fingerprint density at radius 1 is 1.29 bits per heavy atom. The quantitative estimate of drug-likeness (QED) is 0.788. The van der Waals surface area contributed by atoms with E-state index < -0.39 is 0 Å². The van der Waals surface area contributed by atoms with Gasteiger partial charge in [-0.1, -0.05) is 5.16 Å². The molecule has 0 aliphatic rings. The molecule has 0 saturated carbocycles. The van der Waals surface area contributed by atoms with Gasteiger partial charge in [-0.05, 0) is 18.7 Å². The Hall–Kier alpha value is -1.68.